The molecule has 9 nitrogen and oxygen atoms in total. The van der Waals surface area contributed by atoms with Crippen molar-refractivity contribution in [1.82, 2.24) is 5.32 Å². The molecule has 11 heteroatoms. The van der Waals surface area contributed by atoms with Crippen LogP contribution in [0.2, 0.25) is 5.02 Å². The zero-order valence-electron chi connectivity index (χ0n) is 24.6. The first-order valence-corrected chi connectivity index (χ1v) is 15.5. The molecular weight excluding hydrogens is 636 g/mol. The summed E-state index contributed by atoms with van der Waals surface area (Å²) in [4.78, 5) is 51.3. The predicted octanol–water partition coefficient (Wildman–Crippen LogP) is 8.13. The molecule has 5 rings (SSSR count). The third kappa shape index (κ3) is 9.16. The van der Waals surface area contributed by atoms with Gasteiger partial charge in [-0.2, -0.15) is 0 Å². The molecule has 47 heavy (non-hydrogen) atoms. The smallest absolute Gasteiger partial charge is 0.272 e. The summed E-state index contributed by atoms with van der Waals surface area (Å²) in [5, 5.41) is 19.4. The van der Waals surface area contributed by atoms with Crippen molar-refractivity contribution < 1.29 is 19.3 Å². The molecule has 0 aliphatic heterocycles. The van der Waals surface area contributed by atoms with E-state index in [4.69, 9.17) is 11.6 Å². The summed E-state index contributed by atoms with van der Waals surface area (Å²) in [6.07, 6.45) is 1.44. The second-order valence-corrected chi connectivity index (χ2v) is 11.7. The summed E-state index contributed by atoms with van der Waals surface area (Å²) in [7, 11) is 0. The number of amides is 3. The maximum Gasteiger partial charge on any atom is 0.272 e. The molecule has 3 N–H and O–H groups in total. The van der Waals surface area contributed by atoms with Gasteiger partial charge in [-0.1, -0.05) is 66.2 Å². The van der Waals surface area contributed by atoms with E-state index in [2.05, 4.69) is 16.0 Å². The summed E-state index contributed by atoms with van der Waals surface area (Å²) in [5.74, 6) is -1.36. The molecule has 234 valence electrons. The number of nitrogens with zero attached hydrogens (tertiary/aromatic N) is 1. The Labute approximate surface area is 279 Å². The van der Waals surface area contributed by atoms with E-state index in [0.717, 1.165) is 5.56 Å². The van der Waals surface area contributed by atoms with Crippen LogP contribution < -0.4 is 16.0 Å². The standard InChI is InChI=1S/C36H27ClN4O5S/c37-27-16-18-28(19-17-27)38-36(44)33(25-8-3-1-4-9-25)47-31-13-7-12-29(23-31)39-35(43)32(40-34(42)26-10-5-2-6-11-26)22-24-14-20-30(21-15-24)41(45)46/h1-23,33H,(H,38,44)(H,39,43)(H,40,42)/b32-22+. The van der Waals surface area contributed by atoms with Gasteiger partial charge in [0, 0.05) is 39.0 Å². The fourth-order valence-electron chi connectivity index (χ4n) is 4.42. The van der Waals surface area contributed by atoms with E-state index in [1.54, 1.807) is 72.8 Å². The molecule has 0 aliphatic carbocycles. The first-order valence-electron chi connectivity index (χ1n) is 14.3. The van der Waals surface area contributed by atoms with Crippen LogP contribution in [0.15, 0.2) is 144 Å². The molecule has 0 spiro atoms. The number of hydrogen-bond acceptors (Lipinski definition) is 6. The van der Waals surface area contributed by atoms with Crippen LogP contribution in [-0.2, 0) is 9.59 Å². The largest absolute Gasteiger partial charge is 0.325 e. The van der Waals surface area contributed by atoms with Gasteiger partial charge in [0.15, 0.2) is 0 Å². The minimum Gasteiger partial charge on any atom is -0.325 e. The number of anilines is 2. The summed E-state index contributed by atoms with van der Waals surface area (Å²) < 4.78 is 0. The monoisotopic (exact) mass is 662 g/mol. The van der Waals surface area contributed by atoms with Crippen LogP contribution in [-0.4, -0.2) is 22.6 Å². The number of non-ortho nitro benzene ring substituents is 1. The van der Waals surface area contributed by atoms with Crippen molar-refractivity contribution >= 4 is 64.2 Å². The molecule has 1 atom stereocenters. The molecule has 0 saturated heterocycles. The van der Waals surface area contributed by atoms with Gasteiger partial charge in [0.25, 0.3) is 17.5 Å². The van der Waals surface area contributed by atoms with Gasteiger partial charge in [0.05, 0.1) is 4.92 Å². The van der Waals surface area contributed by atoms with E-state index in [-0.39, 0.29) is 17.3 Å². The number of nitro groups is 1. The summed E-state index contributed by atoms with van der Waals surface area (Å²) in [6.45, 7) is 0. The van der Waals surface area contributed by atoms with Crippen molar-refractivity contribution in [1.29, 1.82) is 0 Å². The zero-order chi connectivity index (χ0) is 33.2. The Hall–Kier alpha value is -5.71. The van der Waals surface area contributed by atoms with E-state index in [1.165, 1.54) is 42.1 Å². The minimum atomic E-state index is -0.624. The number of benzene rings is 5. The van der Waals surface area contributed by atoms with Crippen LogP contribution in [0.5, 0.6) is 0 Å². The summed E-state index contributed by atoms with van der Waals surface area (Å²) >= 11 is 7.31. The van der Waals surface area contributed by atoms with Gasteiger partial charge in [-0.05, 0) is 83.9 Å². The molecule has 0 bridgehead atoms. The number of thioether (sulfide) groups is 1. The number of nitro benzene ring substituents is 1. The van der Waals surface area contributed by atoms with Crippen molar-refractivity contribution in [3.63, 3.8) is 0 Å². The topological polar surface area (TPSA) is 130 Å². The molecule has 0 heterocycles. The molecule has 5 aromatic rings. The quantitative estimate of drug-likeness (QED) is 0.0567. The summed E-state index contributed by atoms with van der Waals surface area (Å²) in [5.41, 5.74) is 2.45. The normalized spacial score (nSPS) is 11.6. The molecule has 1 unspecified atom stereocenters. The summed E-state index contributed by atoms with van der Waals surface area (Å²) in [6, 6.07) is 37.2. The van der Waals surface area contributed by atoms with E-state index < -0.39 is 22.0 Å². The van der Waals surface area contributed by atoms with Crippen molar-refractivity contribution in [2.45, 2.75) is 10.1 Å². The third-order valence-electron chi connectivity index (χ3n) is 6.74. The number of carbonyl (C=O) groups is 3. The highest BCUT2D eigenvalue weighted by Crippen LogP contribution is 2.37. The van der Waals surface area contributed by atoms with Gasteiger partial charge in [-0.15, -0.1) is 11.8 Å². The Kier molecular flexibility index (Phi) is 10.8. The second kappa shape index (κ2) is 15.5. The number of rotatable bonds is 11. The van der Waals surface area contributed by atoms with Crippen LogP contribution in [0, 0.1) is 10.1 Å². The molecule has 0 aliphatic rings. The Balaban J connectivity index is 1.38. The molecule has 3 amide bonds. The fraction of sp³-hybridized carbons (Fsp3) is 0.0278. The van der Waals surface area contributed by atoms with Crippen LogP contribution in [0.25, 0.3) is 6.08 Å². The highest BCUT2D eigenvalue weighted by Gasteiger charge is 2.23. The molecule has 0 saturated carbocycles. The minimum absolute atomic E-state index is 0.0738. The second-order valence-electron chi connectivity index (χ2n) is 10.1. The van der Waals surface area contributed by atoms with Gasteiger partial charge in [-0.25, -0.2) is 0 Å². The van der Waals surface area contributed by atoms with Gasteiger partial charge in [0.1, 0.15) is 10.9 Å². The van der Waals surface area contributed by atoms with Crippen LogP contribution in [0.1, 0.15) is 26.7 Å². The highest BCUT2D eigenvalue weighted by molar-refractivity contribution is 8.00. The molecule has 0 aromatic heterocycles. The Bertz CT molecular complexity index is 1920. The Morgan fingerprint density at radius 3 is 2.06 bits per heavy atom. The lowest BCUT2D eigenvalue weighted by Gasteiger charge is -2.18. The van der Waals surface area contributed by atoms with Crippen molar-refractivity contribution in [2.75, 3.05) is 10.6 Å². The van der Waals surface area contributed by atoms with Crippen molar-refractivity contribution in [3.05, 3.63) is 171 Å². The van der Waals surface area contributed by atoms with Crippen molar-refractivity contribution in [2.24, 2.45) is 0 Å². The van der Waals surface area contributed by atoms with Gasteiger partial charge >= 0.3 is 0 Å². The number of halogens is 1. The van der Waals surface area contributed by atoms with E-state index in [1.807, 2.05) is 36.4 Å². The van der Waals surface area contributed by atoms with Gasteiger partial charge in [-0.3, -0.25) is 24.5 Å². The van der Waals surface area contributed by atoms with E-state index in [9.17, 15) is 24.5 Å². The third-order valence-corrected chi connectivity index (χ3v) is 8.24. The maximum absolute atomic E-state index is 13.6. The number of nitrogens with one attached hydrogen (secondary N) is 3. The number of carbonyl (C=O) groups excluding carboxylic acids is 3. The first-order chi connectivity index (χ1) is 22.7. The first kappa shape index (κ1) is 32.7. The van der Waals surface area contributed by atoms with Crippen molar-refractivity contribution in [3.8, 4) is 0 Å². The highest BCUT2D eigenvalue weighted by atomic mass is 35.5. The molecule has 0 fully saturated rings. The zero-order valence-corrected chi connectivity index (χ0v) is 26.2. The maximum atomic E-state index is 13.6. The Morgan fingerprint density at radius 2 is 1.40 bits per heavy atom. The SMILES string of the molecule is O=C(Nc1cccc(SC(C(=O)Nc2ccc(Cl)cc2)c2ccccc2)c1)/C(=C\c1ccc([N+](=O)[O-])cc1)NC(=O)c1ccccc1. The fourth-order valence-corrected chi connectivity index (χ4v) is 5.63. The molecule has 5 aromatic carbocycles. The average Bonchev–Trinajstić information content (AvgIpc) is 3.09. The number of hydrogen-bond donors (Lipinski definition) is 3. The predicted molar refractivity (Wildman–Crippen MR) is 185 cm³/mol. The Morgan fingerprint density at radius 1 is 0.745 bits per heavy atom. The molecular formula is C36H27ClN4O5S. The van der Waals surface area contributed by atoms with Gasteiger partial charge < -0.3 is 16.0 Å². The lowest BCUT2D eigenvalue weighted by atomic mass is 10.1. The van der Waals surface area contributed by atoms with Crippen LogP contribution >= 0.6 is 23.4 Å². The lowest BCUT2D eigenvalue weighted by Crippen LogP contribution is -2.30. The lowest BCUT2D eigenvalue weighted by molar-refractivity contribution is -0.384. The average molecular weight is 663 g/mol. The molecule has 0 radical (unpaired) electrons. The van der Waals surface area contributed by atoms with E-state index >= 15 is 0 Å². The van der Waals surface area contributed by atoms with Crippen LogP contribution in [0.3, 0.4) is 0 Å². The van der Waals surface area contributed by atoms with E-state index in [0.29, 0.717) is 32.4 Å². The van der Waals surface area contributed by atoms with Crippen LogP contribution in [0.4, 0.5) is 17.1 Å². The van der Waals surface area contributed by atoms with Gasteiger partial charge in [0.2, 0.25) is 5.91 Å².